The normalized spacial score (nSPS) is 17.8. The van der Waals surface area contributed by atoms with Crippen molar-refractivity contribution in [2.45, 2.75) is 29.9 Å². The molecule has 2 heterocycles. The lowest BCUT2D eigenvalue weighted by Crippen LogP contribution is -2.57. The number of hydrogen-bond donors (Lipinski definition) is 1. The molecular formula is C28H30Cl2N4O4S. The number of rotatable bonds is 10. The number of carbonyl (C=O) groups is 3. The predicted octanol–water partition coefficient (Wildman–Crippen LogP) is 4.15. The summed E-state index contributed by atoms with van der Waals surface area (Å²) in [5.41, 5.74) is 1.81. The van der Waals surface area contributed by atoms with Crippen LogP contribution in [-0.2, 0) is 25.7 Å². The average molecular weight is 590 g/mol. The molecule has 39 heavy (non-hydrogen) atoms. The first-order valence-corrected chi connectivity index (χ1v) is 14.5. The molecule has 11 heteroatoms. The third-order valence-electron chi connectivity index (χ3n) is 6.69. The molecule has 8 nitrogen and oxygen atoms in total. The second-order valence-corrected chi connectivity index (χ2v) is 11.0. The molecule has 1 fully saturated rings. The fraction of sp³-hybridized carbons (Fsp3) is 0.357. The fourth-order valence-electron chi connectivity index (χ4n) is 4.45. The molecule has 4 rings (SSSR count). The molecule has 0 spiro atoms. The van der Waals surface area contributed by atoms with Gasteiger partial charge in [0, 0.05) is 43.6 Å². The Hall–Kier alpha value is -3.01. The molecule has 1 N–H and O–H groups in total. The molecule has 2 atom stereocenters. The van der Waals surface area contributed by atoms with E-state index in [-0.39, 0.29) is 30.9 Å². The van der Waals surface area contributed by atoms with Crippen LogP contribution in [0.5, 0.6) is 0 Å². The number of ether oxygens (including phenoxy) is 1. The molecule has 2 aromatic carbocycles. The van der Waals surface area contributed by atoms with Crippen LogP contribution < -0.4 is 5.32 Å². The van der Waals surface area contributed by atoms with Gasteiger partial charge in [-0.3, -0.25) is 14.6 Å². The number of nitrogens with zero attached hydrogens (tertiary/aromatic N) is 3. The Balaban J connectivity index is 1.26. The van der Waals surface area contributed by atoms with Crippen LogP contribution >= 0.6 is 35.0 Å². The van der Waals surface area contributed by atoms with Gasteiger partial charge in [-0.1, -0.05) is 59.6 Å². The highest BCUT2D eigenvalue weighted by atomic mass is 35.5. The number of aliphatic imine (C=N–C) groups is 1. The molecule has 0 aliphatic carbocycles. The number of thioether (sulfide) groups is 1. The molecule has 0 saturated carbocycles. The maximum atomic E-state index is 12.9. The quantitative estimate of drug-likeness (QED) is 0.255. The lowest BCUT2D eigenvalue weighted by molar-refractivity contribution is -0.148. The van der Waals surface area contributed by atoms with Crippen LogP contribution in [0.1, 0.15) is 17.5 Å². The van der Waals surface area contributed by atoms with E-state index in [1.165, 1.54) is 30.5 Å². The van der Waals surface area contributed by atoms with E-state index in [2.05, 4.69) is 27.3 Å². The summed E-state index contributed by atoms with van der Waals surface area (Å²) in [6.45, 7) is 1.88. The second-order valence-electron chi connectivity index (χ2n) is 9.41. The summed E-state index contributed by atoms with van der Waals surface area (Å²) in [5, 5.41) is 3.64. The Labute approximate surface area is 242 Å². The van der Waals surface area contributed by atoms with Crippen molar-refractivity contribution in [2.75, 3.05) is 33.0 Å². The van der Waals surface area contributed by atoms with Gasteiger partial charge in [0.25, 0.3) is 0 Å². The molecule has 2 amide bonds. The van der Waals surface area contributed by atoms with Crippen LogP contribution in [0, 0.1) is 5.92 Å². The largest absolute Gasteiger partial charge is 0.467 e. The number of halogens is 2. The second kappa shape index (κ2) is 13.4. The predicted molar refractivity (Wildman–Crippen MR) is 155 cm³/mol. The van der Waals surface area contributed by atoms with E-state index in [9.17, 15) is 14.4 Å². The topological polar surface area (TPSA) is 91.3 Å². The van der Waals surface area contributed by atoms with E-state index >= 15 is 0 Å². The Morgan fingerprint density at radius 2 is 1.87 bits per heavy atom. The molecule has 206 valence electrons. The first-order valence-electron chi connectivity index (χ1n) is 12.5. The molecular weight excluding hydrogens is 559 g/mol. The van der Waals surface area contributed by atoms with Crippen LogP contribution in [0.4, 0.5) is 0 Å². The van der Waals surface area contributed by atoms with Gasteiger partial charge in [-0.2, -0.15) is 0 Å². The van der Waals surface area contributed by atoms with Gasteiger partial charge < -0.3 is 19.9 Å². The monoisotopic (exact) mass is 588 g/mol. The van der Waals surface area contributed by atoms with Crippen molar-refractivity contribution in [3.63, 3.8) is 0 Å². The standard InChI is InChI=1S/C28H30Cl2N4O4S/c1-38-28(37)22(12-21-16-33(17-31-21)13-18-6-4-3-5-7-18)32-27(36)20-14-34(15-20)24(35)11-9-19-8-10-23(39-2)26(30)25(19)29/h3-11,17,20-22H,12-16H2,1-2H3,(H,32,36)/b11-9+/t21?,22-/m0/s1. The van der Waals surface area contributed by atoms with Crippen LogP contribution in [0.15, 0.2) is 58.4 Å². The van der Waals surface area contributed by atoms with Crippen LogP contribution in [-0.4, -0.2) is 79.0 Å². The number of hydrogen-bond acceptors (Lipinski definition) is 7. The van der Waals surface area contributed by atoms with Crippen LogP contribution in [0.2, 0.25) is 10.0 Å². The Morgan fingerprint density at radius 1 is 1.13 bits per heavy atom. The smallest absolute Gasteiger partial charge is 0.328 e. The summed E-state index contributed by atoms with van der Waals surface area (Å²) < 4.78 is 4.93. The van der Waals surface area contributed by atoms with Crippen molar-refractivity contribution < 1.29 is 19.1 Å². The van der Waals surface area contributed by atoms with Crippen LogP contribution in [0.3, 0.4) is 0 Å². The first kappa shape index (κ1) is 29.0. The third-order valence-corrected chi connectivity index (χ3v) is 8.48. The highest BCUT2D eigenvalue weighted by molar-refractivity contribution is 7.98. The highest BCUT2D eigenvalue weighted by Gasteiger charge is 2.37. The molecule has 0 radical (unpaired) electrons. The van der Waals surface area contributed by atoms with E-state index < -0.39 is 17.9 Å². The van der Waals surface area contributed by atoms with Gasteiger partial charge in [-0.15, -0.1) is 11.8 Å². The third kappa shape index (κ3) is 7.35. The molecule has 2 aromatic rings. The number of esters is 1. The number of likely N-dealkylation sites (tertiary alicyclic amines) is 1. The highest BCUT2D eigenvalue weighted by Crippen LogP contribution is 2.35. The van der Waals surface area contributed by atoms with Gasteiger partial charge in [0.15, 0.2) is 0 Å². The Kier molecular flexibility index (Phi) is 9.94. The number of carbonyl (C=O) groups excluding carboxylic acids is 3. The van der Waals surface area contributed by atoms with Gasteiger partial charge >= 0.3 is 5.97 Å². The Morgan fingerprint density at radius 3 is 2.56 bits per heavy atom. The van der Waals surface area contributed by atoms with E-state index in [0.29, 0.717) is 28.6 Å². The molecule has 2 aliphatic heterocycles. The Bertz CT molecular complexity index is 1270. The summed E-state index contributed by atoms with van der Waals surface area (Å²) in [7, 11) is 1.30. The van der Waals surface area contributed by atoms with E-state index in [1.54, 1.807) is 23.4 Å². The minimum absolute atomic E-state index is 0.145. The lowest BCUT2D eigenvalue weighted by atomic mass is 9.97. The molecule has 0 bridgehead atoms. The summed E-state index contributed by atoms with van der Waals surface area (Å²) in [6.07, 6.45) is 7.06. The van der Waals surface area contributed by atoms with Gasteiger partial charge in [-0.25, -0.2) is 4.79 Å². The number of nitrogens with one attached hydrogen (secondary N) is 1. The SMILES string of the molecule is COC(=O)[C@H](CC1CN(Cc2ccccc2)C=N1)NC(=O)C1CN(C(=O)/C=C/c2ccc(SC)c(Cl)c2Cl)C1. The zero-order valence-corrected chi connectivity index (χ0v) is 24.0. The molecule has 2 aliphatic rings. The summed E-state index contributed by atoms with van der Waals surface area (Å²) in [4.78, 5) is 46.9. The van der Waals surface area contributed by atoms with Crippen molar-refractivity contribution in [3.8, 4) is 0 Å². The zero-order chi connectivity index (χ0) is 27.9. The minimum atomic E-state index is -0.817. The van der Waals surface area contributed by atoms with Gasteiger partial charge in [0.1, 0.15) is 6.04 Å². The summed E-state index contributed by atoms with van der Waals surface area (Å²) >= 11 is 14.1. The number of benzene rings is 2. The number of methoxy groups -OCH3 is 1. The number of amides is 2. The maximum Gasteiger partial charge on any atom is 0.328 e. The maximum absolute atomic E-state index is 12.9. The lowest BCUT2D eigenvalue weighted by Gasteiger charge is -2.38. The average Bonchev–Trinajstić information content (AvgIpc) is 3.35. The van der Waals surface area contributed by atoms with Crippen LogP contribution in [0.25, 0.3) is 6.08 Å². The summed E-state index contributed by atoms with van der Waals surface area (Å²) in [6, 6.07) is 12.7. The first-order chi connectivity index (χ1) is 18.8. The zero-order valence-electron chi connectivity index (χ0n) is 21.7. The molecule has 1 saturated heterocycles. The van der Waals surface area contributed by atoms with Gasteiger partial charge in [0.05, 0.1) is 35.5 Å². The van der Waals surface area contributed by atoms with E-state index in [0.717, 1.165) is 11.4 Å². The van der Waals surface area contributed by atoms with E-state index in [1.807, 2.05) is 30.5 Å². The molecule has 1 unspecified atom stereocenters. The minimum Gasteiger partial charge on any atom is -0.467 e. The van der Waals surface area contributed by atoms with Crippen molar-refractivity contribution in [2.24, 2.45) is 10.9 Å². The van der Waals surface area contributed by atoms with Crippen molar-refractivity contribution in [3.05, 3.63) is 69.7 Å². The van der Waals surface area contributed by atoms with Gasteiger partial charge in [0.2, 0.25) is 11.8 Å². The van der Waals surface area contributed by atoms with Gasteiger partial charge in [-0.05, 0) is 29.5 Å². The van der Waals surface area contributed by atoms with Crippen molar-refractivity contribution in [1.29, 1.82) is 0 Å². The summed E-state index contributed by atoms with van der Waals surface area (Å²) in [5.74, 6) is -1.44. The van der Waals surface area contributed by atoms with E-state index in [4.69, 9.17) is 27.9 Å². The van der Waals surface area contributed by atoms with Crippen molar-refractivity contribution >= 4 is 65.2 Å². The van der Waals surface area contributed by atoms with Crippen molar-refractivity contribution in [1.82, 2.24) is 15.1 Å². The fourth-order valence-corrected chi connectivity index (χ4v) is 5.63. The molecule has 0 aromatic heterocycles.